The van der Waals surface area contributed by atoms with Crippen LogP contribution in [0, 0.1) is 13.8 Å². The maximum absolute atomic E-state index is 12.4. The van der Waals surface area contributed by atoms with E-state index in [0.717, 1.165) is 16.7 Å². The van der Waals surface area contributed by atoms with Crippen molar-refractivity contribution in [2.45, 2.75) is 39.9 Å². The molecule has 0 radical (unpaired) electrons. The van der Waals surface area contributed by atoms with Crippen LogP contribution in [-0.4, -0.2) is 32.4 Å². The Bertz CT molecular complexity index is 954. The van der Waals surface area contributed by atoms with Crippen molar-refractivity contribution in [3.63, 3.8) is 0 Å². The van der Waals surface area contributed by atoms with Crippen LogP contribution in [0.4, 0.5) is 0 Å². The first-order valence-corrected chi connectivity index (χ1v) is 11.5. The van der Waals surface area contributed by atoms with Gasteiger partial charge in [0.15, 0.2) is 0 Å². The third-order valence-corrected chi connectivity index (χ3v) is 5.45. The van der Waals surface area contributed by atoms with E-state index in [1.165, 1.54) is 0 Å². The molecule has 2 heterocycles. The second-order valence-corrected chi connectivity index (χ2v) is 8.03. The van der Waals surface area contributed by atoms with Gasteiger partial charge in [0.25, 0.3) is 0 Å². The predicted molar refractivity (Wildman–Crippen MR) is 120 cm³/mol. The summed E-state index contributed by atoms with van der Waals surface area (Å²) in [6.07, 6.45) is 4.15. The van der Waals surface area contributed by atoms with E-state index in [9.17, 15) is 9.00 Å². The van der Waals surface area contributed by atoms with E-state index in [4.69, 9.17) is 4.42 Å². The summed E-state index contributed by atoms with van der Waals surface area (Å²) in [6, 6.07) is 11.7. The molecule has 0 spiro atoms. The fraction of sp³-hybridized carbons (Fsp3) is 0.348. The summed E-state index contributed by atoms with van der Waals surface area (Å²) in [6.45, 7) is 8.31. The number of hydrogen-bond donors (Lipinski definition) is 1. The Morgan fingerprint density at radius 2 is 1.73 bits per heavy atom. The van der Waals surface area contributed by atoms with Crippen LogP contribution in [0.1, 0.15) is 36.4 Å². The molecular weight excluding hydrogens is 398 g/mol. The van der Waals surface area contributed by atoms with Crippen molar-refractivity contribution in [3.8, 4) is 11.5 Å². The van der Waals surface area contributed by atoms with Crippen molar-refractivity contribution in [2.24, 2.45) is 0 Å². The minimum Gasteiger partial charge on any atom is -0.441 e. The molecule has 30 heavy (non-hydrogen) atoms. The molecule has 0 aliphatic carbocycles. The molecule has 0 aliphatic rings. The second-order valence-electron chi connectivity index (χ2n) is 6.57. The van der Waals surface area contributed by atoms with Gasteiger partial charge in [0.05, 0.1) is 11.4 Å². The number of carbonyl (C=O) groups excluding carboxylic acids is 1. The summed E-state index contributed by atoms with van der Waals surface area (Å²) in [5.41, 5.74) is 3.75. The first-order chi connectivity index (χ1) is 14.5. The quantitative estimate of drug-likeness (QED) is 0.588. The number of rotatable bonds is 8. The summed E-state index contributed by atoms with van der Waals surface area (Å²) in [4.78, 5) is 20.4. The SMILES string of the molecule is CC.Cc1ccc(-c2nc(CS(=O)CC(=O)NCCc3ccncc3)c(C)o2)cc1. The lowest BCUT2D eigenvalue weighted by atomic mass is 10.1. The van der Waals surface area contributed by atoms with Gasteiger partial charge in [-0.05, 0) is 50.1 Å². The van der Waals surface area contributed by atoms with Gasteiger partial charge < -0.3 is 9.73 Å². The second kappa shape index (κ2) is 12.0. The largest absolute Gasteiger partial charge is 0.441 e. The van der Waals surface area contributed by atoms with E-state index in [0.29, 0.717) is 30.3 Å². The van der Waals surface area contributed by atoms with Crippen molar-refractivity contribution >= 4 is 16.7 Å². The van der Waals surface area contributed by atoms with Gasteiger partial charge in [-0.25, -0.2) is 4.98 Å². The molecule has 1 atom stereocenters. The lowest BCUT2D eigenvalue weighted by Crippen LogP contribution is -2.30. The van der Waals surface area contributed by atoms with Crippen LogP contribution in [0.2, 0.25) is 0 Å². The van der Waals surface area contributed by atoms with Crippen LogP contribution in [0.3, 0.4) is 0 Å². The maximum Gasteiger partial charge on any atom is 0.232 e. The average Bonchev–Trinajstić information content (AvgIpc) is 3.11. The number of nitrogens with one attached hydrogen (secondary N) is 1. The van der Waals surface area contributed by atoms with Crippen LogP contribution in [0.15, 0.2) is 53.2 Å². The Hall–Kier alpha value is -2.80. The highest BCUT2D eigenvalue weighted by atomic mass is 32.2. The monoisotopic (exact) mass is 427 g/mol. The van der Waals surface area contributed by atoms with Gasteiger partial charge >= 0.3 is 0 Å². The van der Waals surface area contributed by atoms with E-state index < -0.39 is 10.8 Å². The Kier molecular flexibility index (Phi) is 9.41. The van der Waals surface area contributed by atoms with E-state index in [-0.39, 0.29) is 17.4 Å². The molecular formula is C23H29N3O3S. The average molecular weight is 428 g/mol. The molecule has 2 aromatic heterocycles. The van der Waals surface area contributed by atoms with E-state index in [1.807, 2.05) is 57.2 Å². The van der Waals surface area contributed by atoms with Crippen molar-refractivity contribution in [1.82, 2.24) is 15.3 Å². The fourth-order valence-electron chi connectivity index (χ4n) is 2.68. The van der Waals surface area contributed by atoms with Crippen LogP contribution in [-0.2, 0) is 27.8 Å². The number of pyridine rings is 1. The highest BCUT2D eigenvalue weighted by Gasteiger charge is 2.16. The Morgan fingerprint density at radius 1 is 1.07 bits per heavy atom. The lowest BCUT2D eigenvalue weighted by Gasteiger charge is -2.05. The number of nitrogens with zero attached hydrogens (tertiary/aromatic N) is 2. The number of oxazole rings is 1. The molecule has 3 rings (SSSR count). The standard InChI is InChI=1S/C21H23N3O3S.C2H6/c1-15-3-5-18(6-4-15)21-24-19(16(2)27-21)13-28(26)14-20(25)23-12-9-17-7-10-22-11-8-17;1-2/h3-8,10-11H,9,12-14H2,1-2H3,(H,23,25);1-2H3. The molecule has 0 bridgehead atoms. The summed E-state index contributed by atoms with van der Waals surface area (Å²) in [5.74, 6) is 1.04. The molecule has 1 aromatic carbocycles. The first kappa shape index (κ1) is 23.5. The molecule has 1 N–H and O–H groups in total. The molecule has 1 amide bonds. The third kappa shape index (κ3) is 7.22. The molecule has 0 saturated carbocycles. The fourth-order valence-corrected chi connectivity index (χ4v) is 3.75. The van der Waals surface area contributed by atoms with Gasteiger partial charge in [-0.3, -0.25) is 14.0 Å². The smallest absolute Gasteiger partial charge is 0.232 e. The molecule has 0 saturated heterocycles. The molecule has 1 unspecified atom stereocenters. The highest BCUT2D eigenvalue weighted by molar-refractivity contribution is 7.84. The summed E-state index contributed by atoms with van der Waals surface area (Å²) >= 11 is 0. The summed E-state index contributed by atoms with van der Waals surface area (Å²) < 4.78 is 18.1. The van der Waals surface area contributed by atoms with Gasteiger partial charge in [-0.15, -0.1) is 0 Å². The molecule has 0 fully saturated rings. The Morgan fingerprint density at radius 3 is 2.40 bits per heavy atom. The van der Waals surface area contributed by atoms with Gasteiger partial charge in [-0.1, -0.05) is 31.5 Å². The minimum atomic E-state index is -1.35. The zero-order chi connectivity index (χ0) is 21.9. The zero-order valence-electron chi connectivity index (χ0n) is 18.0. The minimum absolute atomic E-state index is 0.0531. The number of aryl methyl sites for hydroxylation is 2. The third-order valence-electron chi connectivity index (χ3n) is 4.27. The highest BCUT2D eigenvalue weighted by Crippen LogP contribution is 2.22. The van der Waals surface area contributed by atoms with E-state index >= 15 is 0 Å². The topological polar surface area (TPSA) is 85.1 Å². The van der Waals surface area contributed by atoms with Gasteiger partial charge in [0.2, 0.25) is 11.8 Å². The maximum atomic E-state index is 12.4. The van der Waals surface area contributed by atoms with E-state index in [2.05, 4.69) is 15.3 Å². The number of benzene rings is 1. The van der Waals surface area contributed by atoms with Gasteiger partial charge in [0, 0.05) is 35.3 Å². The molecule has 0 aliphatic heterocycles. The number of amides is 1. The van der Waals surface area contributed by atoms with E-state index in [1.54, 1.807) is 19.3 Å². The number of hydrogen-bond acceptors (Lipinski definition) is 5. The molecule has 6 nitrogen and oxygen atoms in total. The Labute approximate surface area is 180 Å². The predicted octanol–water partition coefficient (Wildman–Crippen LogP) is 3.99. The molecule has 160 valence electrons. The molecule has 3 aromatic rings. The van der Waals surface area contributed by atoms with Crippen molar-refractivity contribution in [1.29, 1.82) is 0 Å². The molecule has 7 heteroatoms. The lowest BCUT2D eigenvalue weighted by molar-refractivity contribution is -0.118. The zero-order valence-corrected chi connectivity index (χ0v) is 18.8. The summed E-state index contributed by atoms with van der Waals surface area (Å²) in [7, 11) is -1.35. The van der Waals surface area contributed by atoms with Crippen LogP contribution >= 0.6 is 0 Å². The number of aromatic nitrogens is 2. The first-order valence-electron chi connectivity index (χ1n) is 10.0. The number of carbonyl (C=O) groups is 1. The van der Waals surface area contributed by atoms with Crippen LogP contribution < -0.4 is 5.32 Å². The van der Waals surface area contributed by atoms with Gasteiger partial charge in [0.1, 0.15) is 11.5 Å². The van der Waals surface area contributed by atoms with Crippen LogP contribution in [0.25, 0.3) is 11.5 Å². The van der Waals surface area contributed by atoms with Crippen molar-refractivity contribution < 1.29 is 13.4 Å². The summed E-state index contributed by atoms with van der Waals surface area (Å²) in [5, 5.41) is 2.80. The van der Waals surface area contributed by atoms with Gasteiger partial charge in [-0.2, -0.15) is 0 Å². The van der Waals surface area contributed by atoms with Crippen LogP contribution in [0.5, 0.6) is 0 Å². The van der Waals surface area contributed by atoms with Crippen molar-refractivity contribution in [3.05, 3.63) is 71.4 Å². The van der Waals surface area contributed by atoms with Crippen molar-refractivity contribution in [2.75, 3.05) is 12.3 Å². The Balaban J connectivity index is 0.00000155. The normalized spacial score (nSPS) is 11.3.